The monoisotopic (exact) mass is 348 g/mol. The molecule has 0 aliphatic carbocycles. The van der Waals surface area contributed by atoms with Crippen LogP contribution >= 0.6 is 11.3 Å². The second kappa shape index (κ2) is 7.45. The topological polar surface area (TPSA) is 32.7 Å². The summed E-state index contributed by atoms with van der Waals surface area (Å²) in [5.41, 5.74) is 5.12. The summed E-state index contributed by atoms with van der Waals surface area (Å²) in [5, 5.41) is 3.95. The van der Waals surface area contributed by atoms with E-state index in [4.69, 9.17) is 0 Å². The number of amides is 1. The molecule has 4 rings (SSSR count). The summed E-state index contributed by atoms with van der Waals surface area (Å²) < 4.78 is 0. The maximum Gasteiger partial charge on any atom is 0.282 e. The highest BCUT2D eigenvalue weighted by molar-refractivity contribution is 7.08. The first kappa shape index (κ1) is 17.1. The zero-order valence-corrected chi connectivity index (χ0v) is 15.4. The van der Waals surface area contributed by atoms with Crippen LogP contribution in [0.4, 0.5) is 17.1 Å². The van der Waals surface area contributed by atoms with Gasteiger partial charge in [0.2, 0.25) is 0 Å². The van der Waals surface area contributed by atoms with Crippen molar-refractivity contribution < 1.29 is 4.79 Å². The van der Waals surface area contributed by atoms with Gasteiger partial charge in [0.15, 0.2) is 0 Å². The number of anilines is 2. The molecule has 126 valence electrons. The molecule has 4 heteroatoms. The summed E-state index contributed by atoms with van der Waals surface area (Å²) in [6, 6.07) is 17.6. The van der Waals surface area contributed by atoms with E-state index in [1.807, 2.05) is 86.1 Å². The Balaban J connectivity index is 0.000000880. The molecule has 0 N–H and O–H groups in total. The van der Waals surface area contributed by atoms with Gasteiger partial charge in [-0.15, -0.1) is 0 Å². The van der Waals surface area contributed by atoms with Crippen molar-refractivity contribution in [1.82, 2.24) is 0 Å². The smallest absolute Gasteiger partial charge is 0.274 e. The Bertz CT molecular complexity index is 896. The van der Waals surface area contributed by atoms with E-state index >= 15 is 0 Å². The van der Waals surface area contributed by atoms with Crippen molar-refractivity contribution in [3.63, 3.8) is 0 Å². The normalized spacial score (nSPS) is 14.3. The van der Waals surface area contributed by atoms with Gasteiger partial charge in [-0.1, -0.05) is 49.7 Å². The molecule has 3 aromatic rings. The van der Waals surface area contributed by atoms with Gasteiger partial charge in [-0.2, -0.15) is 11.3 Å². The molecule has 1 amide bonds. The third-order valence-corrected chi connectivity index (χ3v) is 4.52. The van der Waals surface area contributed by atoms with E-state index in [0.717, 1.165) is 22.6 Å². The predicted molar refractivity (Wildman–Crippen MR) is 107 cm³/mol. The van der Waals surface area contributed by atoms with Crippen LogP contribution in [0.3, 0.4) is 0 Å². The van der Waals surface area contributed by atoms with Crippen LogP contribution in [0.1, 0.15) is 25.0 Å². The number of hydrogen-bond donors (Lipinski definition) is 0. The first-order chi connectivity index (χ1) is 12.2. The van der Waals surface area contributed by atoms with Crippen molar-refractivity contribution in [1.29, 1.82) is 0 Å². The third-order valence-electron chi connectivity index (χ3n) is 3.84. The predicted octanol–water partition coefficient (Wildman–Crippen LogP) is 5.88. The fraction of sp³-hybridized carbons (Fsp3) is 0.143. The van der Waals surface area contributed by atoms with Crippen LogP contribution in [0.15, 0.2) is 70.3 Å². The second-order valence-electron chi connectivity index (χ2n) is 5.44. The first-order valence-corrected chi connectivity index (χ1v) is 9.30. The van der Waals surface area contributed by atoms with Gasteiger partial charge in [0.1, 0.15) is 5.71 Å². The number of para-hydroxylation sites is 1. The lowest BCUT2D eigenvalue weighted by Crippen LogP contribution is -2.24. The van der Waals surface area contributed by atoms with Crippen LogP contribution in [-0.4, -0.2) is 11.6 Å². The number of benzene rings is 2. The molecule has 25 heavy (non-hydrogen) atoms. The van der Waals surface area contributed by atoms with E-state index in [1.54, 1.807) is 16.2 Å². The van der Waals surface area contributed by atoms with E-state index in [-0.39, 0.29) is 5.91 Å². The van der Waals surface area contributed by atoms with E-state index in [1.165, 1.54) is 5.56 Å². The van der Waals surface area contributed by atoms with Crippen LogP contribution in [0.5, 0.6) is 0 Å². The van der Waals surface area contributed by atoms with Gasteiger partial charge in [-0.3, -0.25) is 9.69 Å². The molecular weight excluding hydrogens is 328 g/mol. The number of carbonyl (C=O) groups excluding carboxylic acids is 1. The Labute approximate surface area is 152 Å². The summed E-state index contributed by atoms with van der Waals surface area (Å²) in [4.78, 5) is 19.3. The number of fused-ring (bicyclic) bond motifs is 1. The number of nitrogens with zero attached hydrogens (tertiary/aromatic N) is 2. The molecule has 2 aromatic carbocycles. The fourth-order valence-corrected chi connectivity index (χ4v) is 3.32. The third kappa shape index (κ3) is 3.26. The number of aliphatic imine (C=N–C) groups is 1. The maximum absolute atomic E-state index is 12.9. The molecule has 0 atom stereocenters. The van der Waals surface area contributed by atoms with Gasteiger partial charge < -0.3 is 0 Å². The summed E-state index contributed by atoms with van der Waals surface area (Å²) in [7, 11) is 0. The molecule has 1 aromatic heterocycles. The molecule has 0 radical (unpaired) electrons. The maximum atomic E-state index is 12.9. The lowest BCUT2D eigenvalue weighted by atomic mass is 10.1. The molecule has 2 heterocycles. The largest absolute Gasteiger partial charge is 0.282 e. The average Bonchev–Trinajstić information content (AvgIpc) is 3.26. The van der Waals surface area contributed by atoms with Crippen molar-refractivity contribution in [3.8, 4) is 0 Å². The van der Waals surface area contributed by atoms with E-state index in [0.29, 0.717) is 5.71 Å². The second-order valence-corrected chi connectivity index (χ2v) is 6.22. The van der Waals surface area contributed by atoms with Crippen molar-refractivity contribution in [2.45, 2.75) is 20.8 Å². The molecule has 0 bridgehead atoms. The molecule has 0 spiro atoms. The summed E-state index contributed by atoms with van der Waals surface area (Å²) in [6.07, 6.45) is 0. The molecule has 1 aliphatic rings. The number of aryl methyl sites for hydroxylation is 1. The molecule has 0 unspecified atom stereocenters. The van der Waals surface area contributed by atoms with Gasteiger partial charge in [0, 0.05) is 10.9 Å². The lowest BCUT2D eigenvalue weighted by molar-refractivity contribution is -0.111. The van der Waals surface area contributed by atoms with E-state index in [2.05, 4.69) is 4.99 Å². The Morgan fingerprint density at radius 3 is 2.36 bits per heavy atom. The van der Waals surface area contributed by atoms with Crippen LogP contribution in [0, 0.1) is 6.92 Å². The fourth-order valence-electron chi connectivity index (χ4n) is 2.70. The number of carbonyl (C=O) groups is 1. The minimum absolute atomic E-state index is 0.0785. The molecule has 0 saturated carbocycles. The minimum Gasteiger partial charge on any atom is -0.274 e. The lowest BCUT2D eigenvalue weighted by Gasteiger charge is -2.14. The van der Waals surface area contributed by atoms with Gasteiger partial charge in [0.25, 0.3) is 5.91 Å². The molecule has 0 fully saturated rings. The SMILES string of the molecule is CC.Cc1ccc(N=C2C(=O)N(c3ccsc3)c3ccccc32)cc1. The number of hydrogen-bond acceptors (Lipinski definition) is 3. The highest BCUT2D eigenvalue weighted by Crippen LogP contribution is 2.37. The van der Waals surface area contributed by atoms with Crippen molar-refractivity contribution in [2.75, 3.05) is 4.90 Å². The molecular formula is C21H20N2OS. The van der Waals surface area contributed by atoms with Crippen LogP contribution in [-0.2, 0) is 4.79 Å². The number of rotatable bonds is 2. The van der Waals surface area contributed by atoms with Gasteiger partial charge in [-0.05, 0) is 36.6 Å². The summed E-state index contributed by atoms with van der Waals surface area (Å²) >= 11 is 1.58. The summed E-state index contributed by atoms with van der Waals surface area (Å²) in [5.74, 6) is -0.0785. The molecule has 1 aliphatic heterocycles. The first-order valence-electron chi connectivity index (χ1n) is 8.35. The Kier molecular flexibility index (Phi) is 5.10. The van der Waals surface area contributed by atoms with Crippen molar-refractivity contribution >= 4 is 40.0 Å². The number of thiophene rings is 1. The van der Waals surface area contributed by atoms with Crippen LogP contribution in [0.25, 0.3) is 0 Å². The highest BCUT2D eigenvalue weighted by atomic mass is 32.1. The zero-order chi connectivity index (χ0) is 17.8. The average molecular weight is 348 g/mol. The Hall–Kier alpha value is -2.72. The quantitative estimate of drug-likeness (QED) is 0.569. The van der Waals surface area contributed by atoms with Gasteiger partial charge in [-0.25, -0.2) is 4.99 Å². The highest BCUT2D eigenvalue weighted by Gasteiger charge is 2.34. The van der Waals surface area contributed by atoms with Crippen molar-refractivity contribution in [3.05, 3.63) is 76.5 Å². The minimum atomic E-state index is -0.0785. The standard InChI is InChI=1S/C19H14N2OS.C2H6/c1-13-6-8-14(9-7-13)20-18-16-4-2-3-5-17(16)21(19(18)22)15-10-11-23-12-15;1-2/h2-12H,1H3;1-2H3. The van der Waals surface area contributed by atoms with Crippen molar-refractivity contribution in [2.24, 2.45) is 4.99 Å². The van der Waals surface area contributed by atoms with E-state index in [9.17, 15) is 4.79 Å². The molecule has 3 nitrogen and oxygen atoms in total. The molecule has 0 saturated heterocycles. The Morgan fingerprint density at radius 1 is 0.960 bits per heavy atom. The Morgan fingerprint density at radius 2 is 1.68 bits per heavy atom. The van der Waals surface area contributed by atoms with Crippen LogP contribution in [0.2, 0.25) is 0 Å². The summed E-state index contributed by atoms with van der Waals surface area (Å²) in [6.45, 7) is 6.03. The van der Waals surface area contributed by atoms with Gasteiger partial charge in [0.05, 0.1) is 17.1 Å². The van der Waals surface area contributed by atoms with E-state index < -0.39 is 0 Å². The zero-order valence-electron chi connectivity index (χ0n) is 14.6. The van der Waals surface area contributed by atoms with Gasteiger partial charge >= 0.3 is 0 Å². The van der Waals surface area contributed by atoms with Crippen LogP contribution < -0.4 is 4.90 Å².